The van der Waals surface area contributed by atoms with E-state index in [4.69, 9.17) is 0 Å². The lowest BCUT2D eigenvalue weighted by Crippen LogP contribution is -2.08. The summed E-state index contributed by atoms with van der Waals surface area (Å²) in [4.78, 5) is 0.146. The third-order valence-corrected chi connectivity index (χ3v) is 6.09. The third-order valence-electron chi connectivity index (χ3n) is 4.24. The van der Waals surface area contributed by atoms with Gasteiger partial charge in [0, 0.05) is 11.6 Å². The predicted octanol–water partition coefficient (Wildman–Crippen LogP) is 5.02. The third kappa shape index (κ3) is 4.18. The van der Waals surface area contributed by atoms with Crippen LogP contribution in [0.3, 0.4) is 0 Å². The topological polar surface area (TPSA) is 54.4 Å². The van der Waals surface area contributed by atoms with E-state index in [1.165, 1.54) is 37.3 Å². The van der Waals surface area contributed by atoms with Crippen LogP contribution in [0.4, 0.5) is 8.78 Å². The van der Waals surface area contributed by atoms with Gasteiger partial charge in [-0.05, 0) is 54.4 Å². The molecule has 0 amide bonds. The van der Waals surface area contributed by atoms with Gasteiger partial charge in [-0.3, -0.25) is 0 Å². The summed E-state index contributed by atoms with van der Waals surface area (Å²) in [6.45, 7) is 1.48. The van der Waals surface area contributed by atoms with Crippen molar-refractivity contribution in [2.24, 2.45) is 0 Å². The predicted molar refractivity (Wildman–Crippen MR) is 104 cm³/mol. The zero-order valence-electron chi connectivity index (χ0n) is 15.0. The summed E-state index contributed by atoms with van der Waals surface area (Å²) in [5, 5.41) is 10.1. The SMILES string of the molecule is CC(O)c1cc(C=Cc2ccc(F)cc2F)ccc1S(=O)(=O)c1ccccc1. The van der Waals surface area contributed by atoms with E-state index < -0.39 is 27.6 Å². The molecule has 3 aromatic carbocycles. The number of hydrogen-bond acceptors (Lipinski definition) is 3. The highest BCUT2D eigenvalue weighted by Crippen LogP contribution is 2.29. The van der Waals surface area contributed by atoms with E-state index in [9.17, 15) is 22.3 Å². The second-order valence-electron chi connectivity index (χ2n) is 6.29. The van der Waals surface area contributed by atoms with Crippen molar-refractivity contribution in [3.63, 3.8) is 0 Å². The van der Waals surface area contributed by atoms with Crippen molar-refractivity contribution in [1.82, 2.24) is 0 Å². The van der Waals surface area contributed by atoms with Gasteiger partial charge in [0.15, 0.2) is 0 Å². The fourth-order valence-corrected chi connectivity index (χ4v) is 4.35. The van der Waals surface area contributed by atoms with Gasteiger partial charge < -0.3 is 5.11 Å². The molecule has 0 fully saturated rings. The van der Waals surface area contributed by atoms with Gasteiger partial charge in [-0.15, -0.1) is 0 Å². The molecule has 1 atom stereocenters. The first-order valence-corrected chi connectivity index (χ1v) is 10.0. The van der Waals surface area contributed by atoms with Crippen LogP contribution in [0.5, 0.6) is 0 Å². The number of rotatable bonds is 5. The molecule has 6 heteroatoms. The Morgan fingerprint density at radius 3 is 2.29 bits per heavy atom. The number of halogens is 2. The van der Waals surface area contributed by atoms with Gasteiger partial charge in [0.2, 0.25) is 9.84 Å². The van der Waals surface area contributed by atoms with Crippen molar-refractivity contribution in [1.29, 1.82) is 0 Å². The van der Waals surface area contributed by atoms with Crippen LogP contribution in [0.25, 0.3) is 12.2 Å². The molecule has 0 aliphatic rings. The van der Waals surface area contributed by atoms with Gasteiger partial charge >= 0.3 is 0 Å². The average molecular weight is 400 g/mol. The normalized spacial score (nSPS) is 13.0. The van der Waals surface area contributed by atoms with Gasteiger partial charge in [0.05, 0.1) is 15.9 Å². The van der Waals surface area contributed by atoms with Crippen molar-refractivity contribution in [2.75, 3.05) is 0 Å². The summed E-state index contributed by atoms with van der Waals surface area (Å²) in [6.07, 6.45) is 2.01. The number of hydrogen-bond donors (Lipinski definition) is 1. The summed E-state index contributed by atoms with van der Waals surface area (Å²) >= 11 is 0. The molecule has 0 aromatic heterocycles. The van der Waals surface area contributed by atoms with Gasteiger partial charge in [-0.1, -0.05) is 36.4 Å². The van der Waals surface area contributed by atoms with Gasteiger partial charge in [0.25, 0.3) is 0 Å². The van der Waals surface area contributed by atoms with Crippen molar-refractivity contribution in [3.05, 3.63) is 95.1 Å². The Bertz CT molecular complexity index is 1120. The maximum absolute atomic E-state index is 13.8. The minimum Gasteiger partial charge on any atom is -0.389 e. The van der Waals surface area contributed by atoms with Gasteiger partial charge in [0.1, 0.15) is 11.6 Å². The average Bonchev–Trinajstić information content (AvgIpc) is 2.67. The van der Waals surface area contributed by atoms with E-state index in [1.54, 1.807) is 36.4 Å². The fourth-order valence-electron chi connectivity index (χ4n) is 2.79. The molecular weight excluding hydrogens is 382 g/mol. The molecule has 28 heavy (non-hydrogen) atoms. The van der Waals surface area contributed by atoms with Crippen LogP contribution in [0.1, 0.15) is 29.7 Å². The summed E-state index contributed by atoms with van der Waals surface area (Å²) in [5.74, 6) is -1.36. The summed E-state index contributed by atoms with van der Waals surface area (Å²) < 4.78 is 52.6. The van der Waals surface area contributed by atoms with Crippen LogP contribution in [-0.4, -0.2) is 13.5 Å². The number of aliphatic hydroxyl groups is 1. The lowest BCUT2D eigenvalue weighted by Gasteiger charge is -2.14. The number of benzene rings is 3. The highest BCUT2D eigenvalue weighted by molar-refractivity contribution is 7.91. The monoisotopic (exact) mass is 400 g/mol. The molecule has 0 bridgehead atoms. The Labute approximate surface area is 162 Å². The number of sulfone groups is 1. The second-order valence-corrected chi connectivity index (χ2v) is 8.21. The van der Waals surface area contributed by atoms with E-state index in [0.717, 1.165) is 12.1 Å². The summed E-state index contributed by atoms with van der Waals surface area (Å²) in [7, 11) is -3.80. The molecule has 0 spiro atoms. The maximum atomic E-state index is 13.8. The Kier molecular flexibility index (Phi) is 5.72. The summed E-state index contributed by atoms with van der Waals surface area (Å²) in [6, 6.07) is 15.7. The quantitative estimate of drug-likeness (QED) is 0.612. The maximum Gasteiger partial charge on any atom is 0.206 e. The van der Waals surface area contributed by atoms with E-state index in [-0.39, 0.29) is 20.9 Å². The van der Waals surface area contributed by atoms with Crippen LogP contribution in [-0.2, 0) is 9.84 Å². The first-order valence-electron chi connectivity index (χ1n) is 8.54. The molecule has 3 aromatic rings. The molecule has 0 saturated heterocycles. The van der Waals surface area contributed by atoms with E-state index >= 15 is 0 Å². The van der Waals surface area contributed by atoms with E-state index in [0.29, 0.717) is 5.56 Å². The Hall–Kier alpha value is -2.83. The Morgan fingerprint density at radius 2 is 1.64 bits per heavy atom. The first-order chi connectivity index (χ1) is 13.3. The van der Waals surface area contributed by atoms with E-state index in [2.05, 4.69) is 0 Å². The minimum absolute atomic E-state index is 0.0128. The summed E-state index contributed by atoms with van der Waals surface area (Å²) in [5.41, 5.74) is 1.01. The molecule has 0 aliphatic heterocycles. The molecule has 3 rings (SSSR count). The fraction of sp³-hybridized carbons (Fsp3) is 0.0909. The van der Waals surface area contributed by atoms with Crippen molar-refractivity contribution >= 4 is 22.0 Å². The molecular formula is C22H18F2O3S. The largest absolute Gasteiger partial charge is 0.389 e. The highest BCUT2D eigenvalue weighted by atomic mass is 32.2. The van der Waals surface area contributed by atoms with Crippen molar-refractivity contribution in [2.45, 2.75) is 22.8 Å². The zero-order chi connectivity index (χ0) is 20.3. The van der Waals surface area contributed by atoms with Crippen molar-refractivity contribution < 1.29 is 22.3 Å². The zero-order valence-corrected chi connectivity index (χ0v) is 15.8. The lowest BCUT2D eigenvalue weighted by atomic mass is 10.1. The molecule has 0 heterocycles. The molecule has 144 valence electrons. The molecule has 3 nitrogen and oxygen atoms in total. The molecule has 1 unspecified atom stereocenters. The van der Waals surface area contributed by atoms with E-state index in [1.807, 2.05) is 0 Å². The lowest BCUT2D eigenvalue weighted by molar-refractivity contribution is 0.196. The smallest absolute Gasteiger partial charge is 0.206 e. The highest BCUT2D eigenvalue weighted by Gasteiger charge is 2.23. The molecule has 0 saturated carbocycles. The van der Waals surface area contributed by atoms with Crippen LogP contribution < -0.4 is 0 Å². The van der Waals surface area contributed by atoms with Crippen LogP contribution in [0.15, 0.2) is 76.5 Å². The molecule has 0 aliphatic carbocycles. The van der Waals surface area contributed by atoms with Crippen LogP contribution >= 0.6 is 0 Å². The van der Waals surface area contributed by atoms with Gasteiger partial charge in [-0.25, -0.2) is 17.2 Å². The number of aliphatic hydroxyl groups excluding tert-OH is 1. The standard InChI is InChI=1S/C22H18F2O3S/c1-15(25)20-13-16(7-9-17-10-11-18(23)14-21(17)24)8-12-22(20)28(26,27)19-5-3-2-4-6-19/h2-15,25H,1H3. The second kappa shape index (κ2) is 8.04. The first kappa shape index (κ1) is 19.9. The molecule has 1 N–H and O–H groups in total. The van der Waals surface area contributed by atoms with Crippen molar-refractivity contribution in [3.8, 4) is 0 Å². The minimum atomic E-state index is -3.80. The Morgan fingerprint density at radius 1 is 0.929 bits per heavy atom. The van der Waals surface area contributed by atoms with Gasteiger partial charge in [-0.2, -0.15) is 0 Å². The Balaban J connectivity index is 2.01. The van der Waals surface area contributed by atoms with Crippen LogP contribution in [0, 0.1) is 11.6 Å². The molecule has 0 radical (unpaired) electrons. The van der Waals surface area contributed by atoms with Crippen LogP contribution in [0.2, 0.25) is 0 Å².